The van der Waals surface area contributed by atoms with Crippen LogP contribution in [0.2, 0.25) is 0 Å². The lowest BCUT2D eigenvalue weighted by molar-refractivity contribution is 0.138. The molecule has 1 fully saturated rings. The van der Waals surface area contributed by atoms with Gasteiger partial charge in [0.15, 0.2) is 11.6 Å². The molecule has 0 saturated carbocycles. The van der Waals surface area contributed by atoms with Crippen LogP contribution in [-0.2, 0) is 11.3 Å². The lowest BCUT2D eigenvalue weighted by Crippen LogP contribution is -2.16. The summed E-state index contributed by atoms with van der Waals surface area (Å²) in [6.07, 6.45) is 5.85. The summed E-state index contributed by atoms with van der Waals surface area (Å²) < 4.78 is 11.2. The minimum absolute atomic E-state index is 0.0205. The van der Waals surface area contributed by atoms with Gasteiger partial charge in [-0.05, 0) is 29.8 Å². The van der Waals surface area contributed by atoms with Crippen molar-refractivity contribution >= 4 is 34.0 Å². The van der Waals surface area contributed by atoms with Crippen molar-refractivity contribution < 1.29 is 9.47 Å². The lowest BCUT2D eigenvalue weighted by atomic mass is 10.1. The van der Waals surface area contributed by atoms with E-state index in [-0.39, 0.29) is 11.9 Å². The van der Waals surface area contributed by atoms with E-state index < -0.39 is 0 Å². The van der Waals surface area contributed by atoms with Gasteiger partial charge in [0, 0.05) is 42.5 Å². The zero-order valence-electron chi connectivity index (χ0n) is 17.7. The molecule has 33 heavy (non-hydrogen) atoms. The Morgan fingerprint density at radius 1 is 1.12 bits per heavy atom. The average molecular weight is 442 g/mol. The van der Waals surface area contributed by atoms with Gasteiger partial charge in [-0.1, -0.05) is 12.1 Å². The number of ether oxygens (including phenoxy) is 2. The van der Waals surface area contributed by atoms with Gasteiger partial charge in [-0.3, -0.25) is 4.98 Å². The van der Waals surface area contributed by atoms with E-state index in [9.17, 15) is 0 Å². The quantitative estimate of drug-likeness (QED) is 0.337. The van der Waals surface area contributed by atoms with Gasteiger partial charge in [0.25, 0.3) is 0 Å². The molecule has 0 amide bonds. The largest absolute Gasteiger partial charge is 0.472 e. The number of rotatable bonds is 8. The van der Waals surface area contributed by atoms with Gasteiger partial charge in [0.2, 0.25) is 11.7 Å². The summed E-state index contributed by atoms with van der Waals surface area (Å²) in [5.74, 6) is 1.65. The van der Waals surface area contributed by atoms with E-state index >= 15 is 0 Å². The SMILES string of the molecule is N=Nc1ncc(Nc2ccnc(O[C@@H]3CCOC3)c2)nc1NCc1ccc2ncccc2c1. The fraction of sp³-hybridized carbons (Fsp3) is 0.217. The average Bonchev–Trinajstić information content (AvgIpc) is 3.36. The van der Waals surface area contributed by atoms with Crippen molar-refractivity contribution in [3.8, 4) is 5.88 Å². The zero-order valence-corrected chi connectivity index (χ0v) is 17.7. The van der Waals surface area contributed by atoms with Crippen LogP contribution in [0.25, 0.3) is 10.9 Å². The summed E-state index contributed by atoms with van der Waals surface area (Å²) in [7, 11) is 0. The number of anilines is 3. The van der Waals surface area contributed by atoms with Crippen LogP contribution in [-0.4, -0.2) is 39.3 Å². The Kier molecular flexibility index (Phi) is 5.98. The van der Waals surface area contributed by atoms with Crippen LogP contribution in [0, 0.1) is 5.53 Å². The van der Waals surface area contributed by atoms with Crippen molar-refractivity contribution in [1.82, 2.24) is 19.9 Å². The molecule has 0 aliphatic carbocycles. The highest BCUT2D eigenvalue weighted by molar-refractivity contribution is 5.79. The van der Waals surface area contributed by atoms with Crippen LogP contribution in [0.3, 0.4) is 0 Å². The lowest BCUT2D eigenvalue weighted by Gasteiger charge is -2.13. The number of hydrogen-bond acceptors (Lipinski definition) is 10. The van der Waals surface area contributed by atoms with Crippen molar-refractivity contribution in [2.75, 3.05) is 23.8 Å². The Morgan fingerprint density at radius 2 is 2.09 bits per heavy atom. The molecular formula is C23H22N8O2. The fourth-order valence-electron chi connectivity index (χ4n) is 3.54. The van der Waals surface area contributed by atoms with Crippen molar-refractivity contribution in [1.29, 1.82) is 5.53 Å². The van der Waals surface area contributed by atoms with E-state index in [0.717, 1.165) is 28.6 Å². The van der Waals surface area contributed by atoms with Crippen molar-refractivity contribution in [2.45, 2.75) is 19.1 Å². The van der Waals surface area contributed by atoms with Crippen molar-refractivity contribution in [3.63, 3.8) is 0 Å². The van der Waals surface area contributed by atoms with Gasteiger partial charge < -0.3 is 20.1 Å². The van der Waals surface area contributed by atoms with E-state index in [4.69, 9.17) is 15.0 Å². The maximum absolute atomic E-state index is 7.42. The number of benzene rings is 1. The molecule has 10 heteroatoms. The molecule has 3 aromatic heterocycles. The second kappa shape index (κ2) is 9.53. The third-order valence-corrected chi connectivity index (χ3v) is 5.17. The first-order chi connectivity index (χ1) is 16.3. The van der Waals surface area contributed by atoms with Gasteiger partial charge in [-0.2, -0.15) is 0 Å². The van der Waals surface area contributed by atoms with E-state index in [1.165, 1.54) is 6.20 Å². The predicted molar refractivity (Wildman–Crippen MR) is 123 cm³/mol. The molecule has 0 unspecified atom stereocenters. The molecule has 1 aliphatic heterocycles. The van der Waals surface area contributed by atoms with Crippen LogP contribution >= 0.6 is 0 Å². The Balaban J connectivity index is 1.30. The number of nitrogens with one attached hydrogen (secondary N) is 3. The summed E-state index contributed by atoms with van der Waals surface area (Å²) >= 11 is 0. The minimum atomic E-state index is 0.0205. The molecule has 1 aliphatic rings. The molecular weight excluding hydrogens is 420 g/mol. The van der Waals surface area contributed by atoms with E-state index in [2.05, 4.69) is 41.8 Å². The first kappa shape index (κ1) is 20.7. The highest BCUT2D eigenvalue weighted by Gasteiger charge is 2.18. The van der Waals surface area contributed by atoms with Crippen LogP contribution in [0.15, 0.2) is 66.2 Å². The number of hydrogen-bond donors (Lipinski definition) is 3. The molecule has 4 aromatic rings. The molecule has 5 rings (SSSR count). The second-order valence-electron chi connectivity index (χ2n) is 7.53. The fourth-order valence-corrected chi connectivity index (χ4v) is 3.54. The molecule has 3 N–H and O–H groups in total. The summed E-state index contributed by atoms with van der Waals surface area (Å²) in [6, 6.07) is 13.6. The third-order valence-electron chi connectivity index (χ3n) is 5.17. The Labute approximate surface area is 189 Å². The van der Waals surface area contributed by atoms with Crippen LogP contribution in [0.4, 0.5) is 23.1 Å². The summed E-state index contributed by atoms with van der Waals surface area (Å²) in [6.45, 7) is 1.78. The van der Waals surface area contributed by atoms with Gasteiger partial charge in [-0.15, -0.1) is 5.11 Å². The Morgan fingerprint density at radius 3 is 2.97 bits per heavy atom. The van der Waals surface area contributed by atoms with Crippen molar-refractivity contribution in [3.05, 3.63) is 66.6 Å². The number of pyridine rings is 2. The molecule has 0 spiro atoms. The van der Waals surface area contributed by atoms with Crippen LogP contribution in [0.5, 0.6) is 5.88 Å². The standard InChI is InChI=1S/C23H22N8O2/c24-31-23-22(27-12-15-3-4-19-16(10-15)2-1-7-25-19)30-20(13-28-23)29-17-5-8-26-21(11-17)33-18-6-9-32-14-18/h1-5,7-8,10-11,13,18,24H,6,9,12,14H2,(H2,26,27,29,30)/t18-/m1/s1. The molecule has 1 atom stereocenters. The molecule has 4 heterocycles. The first-order valence-corrected chi connectivity index (χ1v) is 10.6. The topological polar surface area (TPSA) is 130 Å². The van der Waals surface area contributed by atoms with Gasteiger partial charge in [-0.25, -0.2) is 20.5 Å². The molecule has 1 saturated heterocycles. The highest BCUT2D eigenvalue weighted by Crippen LogP contribution is 2.25. The Hall–Kier alpha value is -4.18. The Bertz CT molecular complexity index is 1280. The summed E-state index contributed by atoms with van der Waals surface area (Å²) in [4.78, 5) is 17.4. The van der Waals surface area contributed by atoms with Crippen LogP contribution < -0.4 is 15.4 Å². The number of nitrogens with zero attached hydrogens (tertiary/aromatic N) is 5. The molecule has 166 valence electrons. The highest BCUT2D eigenvalue weighted by atomic mass is 16.5. The van der Waals surface area contributed by atoms with Crippen molar-refractivity contribution in [2.24, 2.45) is 5.11 Å². The monoisotopic (exact) mass is 442 g/mol. The predicted octanol–water partition coefficient (Wildman–Crippen LogP) is 4.61. The maximum atomic E-state index is 7.42. The normalized spacial score (nSPS) is 15.3. The summed E-state index contributed by atoms with van der Waals surface area (Å²) in [5.41, 5.74) is 10.2. The maximum Gasteiger partial charge on any atom is 0.216 e. The second-order valence-corrected chi connectivity index (χ2v) is 7.53. The van der Waals surface area contributed by atoms with Gasteiger partial charge in [0.1, 0.15) is 6.10 Å². The molecule has 1 aromatic carbocycles. The van der Waals surface area contributed by atoms with E-state index in [0.29, 0.717) is 37.3 Å². The number of fused-ring (bicyclic) bond motifs is 1. The van der Waals surface area contributed by atoms with Crippen LogP contribution in [0.1, 0.15) is 12.0 Å². The number of aromatic nitrogens is 4. The minimum Gasteiger partial charge on any atom is -0.472 e. The zero-order chi connectivity index (χ0) is 22.5. The third kappa shape index (κ3) is 5.01. The van der Waals surface area contributed by atoms with Gasteiger partial charge >= 0.3 is 0 Å². The first-order valence-electron chi connectivity index (χ1n) is 10.6. The summed E-state index contributed by atoms with van der Waals surface area (Å²) in [5, 5.41) is 11.0. The van der Waals surface area contributed by atoms with Gasteiger partial charge in [0.05, 0.1) is 24.9 Å². The smallest absolute Gasteiger partial charge is 0.216 e. The molecule has 0 radical (unpaired) electrons. The van der Waals surface area contributed by atoms with E-state index in [1.54, 1.807) is 18.5 Å². The van der Waals surface area contributed by atoms with E-state index in [1.807, 2.05) is 30.3 Å². The molecule has 0 bridgehead atoms. The molecule has 10 nitrogen and oxygen atoms in total.